The largest absolute Gasteiger partial charge is 0.497 e. The Morgan fingerprint density at radius 2 is 1.81 bits per heavy atom. The molecule has 1 aromatic heterocycles. The number of aliphatic imine (C=N–C) groups is 1. The van der Waals surface area contributed by atoms with E-state index in [0.29, 0.717) is 6.61 Å². The molecule has 0 bridgehead atoms. The van der Waals surface area contributed by atoms with E-state index < -0.39 is 0 Å². The Balaban J connectivity index is 1.59. The molecule has 0 aliphatic heterocycles. The topological polar surface area (TPSA) is 67.8 Å². The summed E-state index contributed by atoms with van der Waals surface area (Å²) in [5.74, 6) is 2.48. The summed E-state index contributed by atoms with van der Waals surface area (Å²) in [4.78, 5) is 10.1. The van der Waals surface area contributed by atoms with Crippen LogP contribution in [0.2, 0.25) is 0 Å². The van der Waals surface area contributed by atoms with E-state index in [-0.39, 0.29) is 0 Å². The predicted molar refractivity (Wildman–Crippen MR) is 108 cm³/mol. The van der Waals surface area contributed by atoms with Gasteiger partial charge in [-0.05, 0) is 44.5 Å². The summed E-state index contributed by atoms with van der Waals surface area (Å²) < 4.78 is 10.8. The van der Waals surface area contributed by atoms with Crippen LogP contribution in [0, 0.1) is 13.8 Å². The molecule has 0 aliphatic rings. The highest BCUT2D eigenvalue weighted by molar-refractivity contribution is 7.11. The number of hydrogen-bond donors (Lipinski definition) is 2. The maximum Gasteiger partial charge on any atom is 0.190 e. The predicted octanol–water partition coefficient (Wildman–Crippen LogP) is 2.95. The maximum atomic E-state index is 5.71. The Morgan fingerprint density at radius 3 is 2.42 bits per heavy atom. The van der Waals surface area contributed by atoms with Gasteiger partial charge in [0, 0.05) is 31.4 Å². The molecule has 0 unspecified atom stereocenters. The van der Waals surface area contributed by atoms with Gasteiger partial charge < -0.3 is 20.1 Å². The van der Waals surface area contributed by atoms with Crippen LogP contribution in [0.1, 0.15) is 22.0 Å². The van der Waals surface area contributed by atoms with E-state index in [9.17, 15) is 0 Å². The first kappa shape index (κ1) is 20.0. The van der Waals surface area contributed by atoms with Crippen molar-refractivity contribution in [1.29, 1.82) is 0 Å². The van der Waals surface area contributed by atoms with Gasteiger partial charge in [0.2, 0.25) is 0 Å². The molecule has 0 fully saturated rings. The van der Waals surface area contributed by atoms with Crippen molar-refractivity contribution in [3.8, 4) is 11.5 Å². The third-order valence-electron chi connectivity index (χ3n) is 3.87. The van der Waals surface area contributed by atoms with E-state index in [1.54, 1.807) is 25.5 Å². The molecule has 0 aliphatic carbocycles. The number of rotatable bonds is 9. The summed E-state index contributed by atoms with van der Waals surface area (Å²) in [7, 11) is 3.43. The van der Waals surface area contributed by atoms with Crippen molar-refractivity contribution in [1.82, 2.24) is 15.6 Å². The van der Waals surface area contributed by atoms with Crippen molar-refractivity contribution in [2.45, 2.75) is 26.7 Å². The van der Waals surface area contributed by atoms with Crippen molar-refractivity contribution in [2.24, 2.45) is 4.99 Å². The van der Waals surface area contributed by atoms with Gasteiger partial charge in [-0.1, -0.05) is 0 Å². The number of hydrogen-bond acceptors (Lipinski definition) is 5. The van der Waals surface area contributed by atoms with Gasteiger partial charge in [0.1, 0.15) is 11.5 Å². The van der Waals surface area contributed by atoms with Crippen molar-refractivity contribution < 1.29 is 9.47 Å². The number of nitrogens with zero attached hydrogens (tertiary/aromatic N) is 2. The second-order valence-electron chi connectivity index (χ2n) is 5.80. The number of thiazole rings is 1. The lowest BCUT2D eigenvalue weighted by atomic mass is 10.3. The minimum Gasteiger partial charge on any atom is -0.497 e. The van der Waals surface area contributed by atoms with Gasteiger partial charge in [0.25, 0.3) is 0 Å². The van der Waals surface area contributed by atoms with Crippen LogP contribution in [0.5, 0.6) is 11.5 Å². The van der Waals surface area contributed by atoms with E-state index in [4.69, 9.17) is 9.47 Å². The number of ether oxygens (including phenoxy) is 2. The highest BCUT2D eigenvalue weighted by atomic mass is 32.1. The van der Waals surface area contributed by atoms with E-state index in [1.165, 1.54) is 4.88 Å². The van der Waals surface area contributed by atoms with Crippen LogP contribution in [0.3, 0.4) is 0 Å². The van der Waals surface area contributed by atoms with Crippen LogP contribution in [0.15, 0.2) is 29.3 Å². The summed E-state index contributed by atoms with van der Waals surface area (Å²) in [6.07, 6.45) is 1.79. The van der Waals surface area contributed by atoms with Gasteiger partial charge in [0.05, 0.1) is 24.4 Å². The summed E-state index contributed by atoms with van der Waals surface area (Å²) in [6.45, 7) is 6.42. The molecule has 0 saturated heterocycles. The van der Waals surface area contributed by atoms with E-state index in [2.05, 4.69) is 34.5 Å². The number of aromatic nitrogens is 1. The van der Waals surface area contributed by atoms with E-state index in [0.717, 1.165) is 54.1 Å². The van der Waals surface area contributed by atoms with Crippen LogP contribution in [0.25, 0.3) is 0 Å². The molecular weight excluding hydrogens is 348 g/mol. The zero-order valence-electron chi connectivity index (χ0n) is 16.0. The molecule has 0 saturated carbocycles. The molecule has 6 nitrogen and oxygen atoms in total. The normalized spacial score (nSPS) is 11.3. The van der Waals surface area contributed by atoms with E-state index >= 15 is 0 Å². The number of nitrogens with one attached hydrogen (secondary N) is 2. The Bertz CT molecular complexity index is 679. The first-order valence-corrected chi connectivity index (χ1v) is 9.58. The molecule has 2 N–H and O–H groups in total. The lowest BCUT2D eigenvalue weighted by molar-refractivity contribution is 0.310. The molecule has 26 heavy (non-hydrogen) atoms. The second-order valence-corrected chi connectivity index (χ2v) is 7.09. The fourth-order valence-corrected chi connectivity index (χ4v) is 3.23. The SMILES string of the molecule is CN=C(NCCCOc1ccc(OC)cc1)NCCc1nc(C)c(C)s1. The van der Waals surface area contributed by atoms with Crippen LogP contribution >= 0.6 is 11.3 Å². The fourth-order valence-electron chi connectivity index (χ4n) is 2.30. The third-order valence-corrected chi connectivity index (χ3v) is 5.00. The Morgan fingerprint density at radius 1 is 1.12 bits per heavy atom. The van der Waals surface area contributed by atoms with Crippen LogP contribution in [-0.4, -0.2) is 44.8 Å². The molecule has 0 radical (unpaired) electrons. The summed E-state index contributed by atoms with van der Waals surface area (Å²) >= 11 is 1.76. The van der Waals surface area contributed by atoms with E-state index in [1.807, 2.05) is 24.3 Å². The fraction of sp³-hybridized carbons (Fsp3) is 0.474. The van der Waals surface area contributed by atoms with Gasteiger partial charge in [-0.2, -0.15) is 0 Å². The molecule has 0 spiro atoms. The van der Waals surface area contributed by atoms with Gasteiger partial charge in [-0.25, -0.2) is 4.98 Å². The maximum absolute atomic E-state index is 5.71. The standard InChI is InChI=1S/C19H28N4O2S/c1-14-15(2)26-18(23-14)10-12-22-19(20-3)21-11-5-13-25-17-8-6-16(24-4)7-9-17/h6-9H,5,10-13H2,1-4H3,(H2,20,21,22). The molecule has 142 valence electrons. The number of benzene rings is 1. The van der Waals surface area contributed by atoms with Crippen LogP contribution < -0.4 is 20.1 Å². The molecule has 7 heteroatoms. The summed E-state index contributed by atoms with van der Waals surface area (Å²) in [5.41, 5.74) is 1.13. The summed E-state index contributed by atoms with van der Waals surface area (Å²) in [5, 5.41) is 7.78. The second kappa shape index (κ2) is 10.7. The Hall–Kier alpha value is -2.28. The zero-order chi connectivity index (χ0) is 18.8. The molecular formula is C19H28N4O2S. The van der Waals surface area contributed by atoms with Gasteiger partial charge in [-0.3, -0.25) is 4.99 Å². The monoisotopic (exact) mass is 376 g/mol. The minimum absolute atomic E-state index is 0.647. The average Bonchev–Trinajstić information content (AvgIpc) is 2.98. The highest BCUT2D eigenvalue weighted by Gasteiger charge is 2.04. The first-order chi connectivity index (χ1) is 12.6. The van der Waals surface area contributed by atoms with Gasteiger partial charge in [0.15, 0.2) is 5.96 Å². The number of guanidine groups is 1. The van der Waals surface area contributed by atoms with Gasteiger partial charge >= 0.3 is 0 Å². The Labute approximate surface area is 159 Å². The van der Waals surface area contributed by atoms with Crippen molar-refractivity contribution in [3.63, 3.8) is 0 Å². The number of aryl methyl sites for hydroxylation is 2. The van der Waals surface area contributed by atoms with Crippen molar-refractivity contribution in [2.75, 3.05) is 33.9 Å². The third kappa shape index (κ3) is 6.55. The average molecular weight is 377 g/mol. The van der Waals surface area contributed by atoms with Crippen molar-refractivity contribution in [3.05, 3.63) is 39.8 Å². The molecule has 1 heterocycles. The lowest BCUT2D eigenvalue weighted by Gasteiger charge is -2.12. The minimum atomic E-state index is 0.647. The van der Waals surface area contributed by atoms with Gasteiger partial charge in [-0.15, -0.1) is 11.3 Å². The van der Waals surface area contributed by atoms with Crippen LogP contribution in [-0.2, 0) is 6.42 Å². The zero-order valence-corrected chi connectivity index (χ0v) is 16.8. The smallest absolute Gasteiger partial charge is 0.190 e. The molecule has 0 amide bonds. The number of methoxy groups -OCH3 is 1. The summed E-state index contributed by atoms with van der Waals surface area (Å²) in [6, 6.07) is 7.61. The molecule has 1 aromatic carbocycles. The molecule has 0 atom stereocenters. The lowest BCUT2D eigenvalue weighted by Crippen LogP contribution is -2.39. The first-order valence-electron chi connectivity index (χ1n) is 8.76. The van der Waals surface area contributed by atoms with Crippen molar-refractivity contribution >= 4 is 17.3 Å². The molecule has 2 rings (SSSR count). The molecule has 2 aromatic rings. The highest BCUT2D eigenvalue weighted by Crippen LogP contribution is 2.17. The van der Waals surface area contributed by atoms with Crippen LogP contribution in [0.4, 0.5) is 0 Å². The Kier molecular flexibility index (Phi) is 8.21. The quantitative estimate of drug-likeness (QED) is 0.400.